The summed E-state index contributed by atoms with van der Waals surface area (Å²) in [5, 5.41) is 3.49. The van der Waals surface area contributed by atoms with E-state index in [1.54, 1.807) is 0 Å². The van der Waals surface area contributed by atoms with Gasteiger partial charge in [-0.15, -0.1) is 0 Å². The molecule has 1 atom stereocenters. The molecule has 1 aliphatic rings. The monoisotopic (exact) mass is 238 g/mol. The van der Waals surface area contributed by atoms with Gasteiger partial charge in [-0.05, 0) is 48.2 Å². The summed E-state index contributed by atoms with van der Waals surface area (Å²) in [5.41, 5.74) is 5.24. The largest absolute Gasteiger partial charge is 0.316 e. The summed E-state index contributed by atoms with van der Waals surface area (Å²) < 4.78 is 0. The number of fused-ring (bicyclic) bond motifs is 1. The predicted molar refractivity (Wildman–Crippen MR) is 74.7 cm³/mol. The van der Waals surface area contributed by atoms with Gasteiger partial charge in [0.2, 0.25) is 0 Å². The number of nitrogens with one attached hydrogen (secondary N) is 1. The van der Waals surface area contributed by atoms with Gasteiger partial charge >= 0.3 is 0 Å². The molecule has 0 bridgehead atoms. The normalized spacial score (nSPS) is 19.1. The van der Waals surface area contributed by atoms with Gasteiger partial charge in [0.15, 0.2) is 0 Å². The maximum atomic E-state index is 4.43. The highest BCUT2D eigenvalue weighted by Crippen LogP contribution is 2.27. The summed E-state index contributed by atoms with van der Waals surface area (Å²) in [6.45, 7) is 4.44. The van der Waals surface area contributed by atoms with Gasteiger partial charge < -0.3 is 5.32 Å². The van der Waals surface area contributed by atoms with E-state index in [1.165, 1.54) is 16.7 Å². The molecule has 1 aromatic heterocycles. The summed E-state index contributed by atoms with van der Waals surface area (Å²) >= 11 is 0. The summed E-state index contributed by atoms with van der Waals surface area (Å²) in [6, 6.07) is 12.8. The van der Waals surface area contributed by atoms with Crippen molar-refractivity contribution in [2.75, 3.05) is 13.1 Å². The number of benzene rings is 1. The Kier molecular flexibility index (Phi) is 3.11. The zero-order valence-corrected chi connectivity index (χ0v) is 10.7. The van der Waals surface area contributed by atoms with Gasteiger partial charge in [-0.1, -0.05) is 25.1 Å². The smallest absolute Gasteiger partial charge is 0.0702 e. The van der Waals surface area contributed by atoms with E-state index in [-0.39, 0.29) is 0 Å². The third-order valence-electron chi connectivity index (χ3n) is 3.66. The number of nitrogens with zero attached hydrogens (tertiary/aromatic N) is 1. The van der Waals surface area contributed by atoms with Crippen LogP contribution in [-0.2, 0) is 6.42 Å². The maximum absolute atomic E-state index is 4.43. The van der Waals surface area contributed by atoms with E-state index in [0.29, 0.717) is 5.92 Å². The van der Waals surface area contributed by atoms with E-state index in [4.69, 9.17) is 0 Å². The van der Waals surface area contributed by atoms with Gasteiger partial charge in [0, 0.05) is 18.3 Å². The molecule has 0 saturated heterocycles. The SMILES string of the molecule is C[C@@H]1CNCCc2ccc(-c3ccccn3)cc21. The first kappa shape index (κ1) is 11.4. The quantitative estimate of drug-likeness (QED) is 0.826. The lowest BCUT2D eigenvalue weighted by atomic mass is 9.92. The molecular formula is C16H18N2. The Hall–Kier alpha value is -1.67. The first-order valence-electron chi connectivity index (χ1n) is 6.59. The van der Waals surface area contributed by atoms with Crippen LogP contribution in [0.3, 0.4) is 0 Å². The minimum Gasteiger partial charge on any atom is -0.316 e. The number of rotatable bonds is 1. The molecule has 1 N–H and O–H groups in total. The van der Waals surface area contributed by atoms with Gasteiger partial charge in [-0.2, -0.15) is 0 Å². The lowest BCUT2D eigenvalue weighted by Gasteiger charge is -2.13. The summed E-state index contributed by atoms with van der Waals surface area (Å²) in [6.07, 6.45) is 2.98. The van der Waals surface area contributed by atoms with Crippen molar-refractivity contribution in [1.29, 1.82) is 0 Å². The molecule has 0 spiro atoms. The van der Waals surface area contributed by atoms with Crippen LogP contribution in [0.15, 0.2) is 42.6 Å². The fourth-order valence-corrected chi connectivity index (χ4v) is 2.63. The van der Waals surface area contributed by atoms with Gasteiger partial charge in [0.05, 0.1) is 5.69 Å². The summed E-state index contributed by atoms with van der Waals surface area (Å²) in [5.74, 6) is 0.575. The highest BCUT2D eigenvalue weighted by molar-refractivity contribution is 5.61. The van der Waals surface area contributed by atoms with Crippen molar-refractivity contribution >= 4 is 0 Å². The minimum absolute atomic E-state index is 0.575. The summed E-state index contributed by atoms with van der Waals surface area (Å²) in [4.78, 5) is 4.43. The molecule has 1 aromatic carbocycles. The molecule has 2 heteroatoms. The molecule has 0 radical (unpaired) electrons. The van der Waals surface area contributed by atoms with Crippen molar-refractivity contribution < 1.29 is 0 Å². The zero-order valence-electron chi connectivity index (χ0n) is 10.7. The number of pyridine rings is 1. The predicted octanol–water partition coefficient (Wildman–Crippen LogP) is 3.00. The maximum Gasteiger partial charge on any atom is 0.0702 e. The minimum atomic E-state index is 0.575. The average molecular weight is 238 g/mol. The van der Waals surface area contributed by atoms with Gasteiger partial charge in [0.1, 0.15) is 0 Å². The molecular weight excluding hydrogens is 220 g/mol. The van der Waals surface area contributed by atoms with Crippen LogP contribution in [-0.4, -0.2) is 18.1 Å². The molecule has 18 heavy (non-hydrogen) atoms. The van der Waals surface area contributed by atoms with Crippen molar-refractivity contribution in [3.63, 3.8) is 0 Å². The Bertz CT molecular complexity index is 534. The second-order valence-electron chi connectivity index (χ2n) is 4.98. The molecule has 0 amide bonds. The second-order valence-corrected chi connectivity index (χ2v) is 4.98. The molecule has 1 aliphatic heterocycles. The Morgan fingerprint density at radius 3 is 3.00 bits per heavy atom. The van der Waals surface area contributed by atoms with E-state index in [1.807, 2.05) is 18.3 Å². The fraction of sp³-hybridized carbons (Fsp3) is 0.312. The zero-order chi connectivity index (χ0) is 12.4. The highest BCUT2D eigenvalue weighted by Gasteiger charge is 2.15. The van der Waals surface area contributed by atoms with Crippen LogP contribution in [0.5, 0.6) is 0 Å². The van der Waals surface area contributed by atoms with Gasteiger partial charge in [0.25, 0.3) is 0 Å². The van der Waals surface area contributed by atoms with Crippen molar-refractivity contribution in [2.24, 2.45) is 0 Å². The first-order valence-corrected chi connectivity index (χ1v) is 6.59. The molecule has 92 valence electrons. The van der Waals surface area contributed by atoms with Crippen molar-refractivity contribution in [1.82, 2.24) is 10.3 Å². The molecule has 2 aromatic rings. The molecule has 3 rings (SSSR count). The summed E-state index contributed by atoms with van der Waals surface area (Å²) in [7, 11) is 0. The van der Waals surface area contributed by atoms with Crippen molar-refractivity contribution in [2.45, 2.75) is 19.3 Å². The average Bonchev–Trinajstić information content (AvgIpc) is 2.62. The number of hydrogen-bond donors (Lipinski definition) is 1. The molecule has 0 fully saturated rings. The fourth-order valence-electron chi connectivity index (χ4n) is 2.63. The van der Waals surface area contributed by atoms with Crippen molar-refractivity contribution in [3.8, 4) is 11.3 Å². The van der Waals surface area contributed by atoms with E-state index >= 15 is 0 Å². The third kappa shape index (κ3) is 2.16. The second kappa shape index (κ2) is 4.91. The van der Waals surface area contributed by atoms with Crippen LogP contribution in [0.1, 0.15) is 24.0 Å². The van der Waals surface area contributed by atoms with E-state index in [9.17, 15) is 0 Å². The number of aromatic nitrogens is 1. The van der Waals surface area contributed by atoms with Crippen LogP contribution in [0.4, 0.5) is 0 Å². The van der Waals surface area contributed by atoms with E-state index < -0.39 is 0 Å². The van der Waals surface area contributed by atoms with E-state index in [0.717, 1.165) is 25.2 Å². The molecule has 0 aliphatic carbocycles. The Morgan fingerprint density at radius 2 is 2.17 bits per heavy atom. The third-order valence-corrected chi connectivity index (χ3v) is 3.66. The lowest BCUT2D eigenvalue weighted by Crippen LogP contribution is -2.18. The number of hydrogen-bond acceptors (Lipinski definition) is 2. The Morgan fingerprint density at radius 1 is 1.22 bits per heavy atom. The van der Waals surface area contributed by atoms with Gasteiger partial charge in [-0.25, -0.2) is 0 Å². The Balaban J connectivity index is 2.04. The molecule has 0 saturated carbocycles. The van der Waals surface area contributed by atoms with Crippen LogP contribution >= 0.6 is 0 Å². The van der Waals surface area contributed by atoms with E-state index in [2.05, 4.69) is 41.5 Å². The first-order chi connectivity index (χ1) is 8.84. The van der Waals surface area contributed by atoms with Crippen LogP contribution < -0.4 is 5.32 Å². The molecule has 2 nitrogen and oxygen atoms in total. The van der Waals surface area contributed by atoms with Crippen LogP contribution in [0.25, 0.3) is 11.3 Å². The standard InChI is InChI=1S/C16H18N2/c1-12-11-17-9-7-13-5-6-14(10-15(12)13)16-4-2-3-8-18-16/h2-6,8,10,12,17H,7,9,11H2,1H3/t12-/m1/s1. The Labute approximate surface area is 108 Å². The van der Waals surface area contributed by atoms with Crippen LogP contribution in [0, 0.1) is 0 Å². The molecule has 2 heterocycles. The van der Waals surface area contributed by atoms with Crippen LogP contribution in [0.2, 0.25) is 0 Å². The topological polar surface area (TPSA) is 24.9 Å². The molecule has 0 unspecified atom stereocenters. The van der Waals surface area contributed by atoms with Gasteiger partial charge in [-0.3, -0.25) is 4.98 Å². The highest BCUT2D eigenvalue weighted by atomic mass is 14.9. The lowest BCUT2D eigenvalue weighted by molar-refractivity contribution is 0.644. The van der Waals surface area contributed by atoms with Crippen molar-refractivity contribution in [3.05, 3.63) is 53.7 Å².